The summed E-state index contributed by atoms with van der Waals surface area (Å²) in [6.07, 6.45) is 3.01. The number of hydrogen-bond donors (Lipinski definition) is 2. The summed E-state index contributed by atoms with van der Waals surface area (Å²) in [5.74, 6) is 0.0371. The fraction of sp³-hybridized carbons (Fsp3) is 0.154. The molecule has 8 heteroatoms. The number of aromatic nitrogens is 4. The maximum atomic E-state index is 11.5. The molecule has 0 atom stereocenters. The molecule has 21 heavy (non-hydrogen) atoms. The van der Waals surface area contributed by atoms with E-state index in [1.54, 1.807) is 37.5 Å². The molecule has 0 radical (unpaired) electrons. The van der Waals surface area contributed by atoms with Gasteiger partial charge in [0.2, 0.25) is 10.0 Å². The molecule has 7 nitrogen and oxygen atoms in total. The van der Waals surface area contributed by atoms with Crippen LogP contribution in [0.25, 0.3) is 22.4 Å². The summed E-state index contributed by atoms with van der Waals surface area (Å²) in [7, 11) is -3.27. The van der Waals surface area contributed by atoms with Gasteiger partial charge in [-0.05, 0) is 19.1 Å². The van der Waals surface area contributed by atoms with Crippen molar-refractivity contribution in [3.8, 4) is 11.3 Å². The minimum atomic E-state index is -3.27. The summed E-state index contributed by atoms with van der Waals surface area (Å²) in [5, 5.41) is 0. The Labute approximate surface area is 121 Å². The Morgan fingerprint density at radius 3 is 2.62 bits per heavy atom. The van der Waals surface area contributed by atoms with E-state index in [1.807, 2.05) is 0 Å². The van der Waals surface area contributed by atoms with Crippen molar-refractivity contribution in [3.05, 3.63) is 36.9 Å². The van der Waals surface area contributed by atoms with Crippen molar-refractivity contribution in [2.45, 2.75) is 6.92 Å². The molecule has 1 aromatic carbocycles. The van der Waals surface area contributed by atoms with Crippen LogP contribution in [0.15, 0.2) is 36.9 Å². The fourth-order valence-corrected chi connectivity index (χ4v) is 2.57. The Morgan fingerprint density at radius 1 is 1.14 bits per heavy atom. The van der Waals surface area contributed by atoms with Crippen molar-refractivity contribution < 1.29 is 8.42 Å². The fourth-order valence-electron chi connectivity index (χ4n) is 1.93. The lowest BCUT2D eigenvalue weighted by Gasteiger charge is -2.07. The zero-order valence-electron chi connectivity index (χ0n) is 11.2. The molecule has 2 N–H and O–H groups in total. The van der Waals surface area contributed by atoms with Gasteiger partial charge in [0.05, 0.1) is 17.8 Å². The van der Waals surface area contributed by atoms with E-state index in [-0.39, 0.29) is 5.75 Å². The van der Waals surface area contributed by atoms with Crippen LogP contribution in [0.5, 0.6) is 0 Å². The first-order chi connectivity index (χ1) is 10.1. The van der Waals surface area contributed by atoms with Crippen LogP contribution in [-0.4, -0.2) is 34.1 Å². The van der Waals surface area contributed by atoms with Crippen LogP contribution in [0, 0.1) is 0 Å². The van der Waals surface area contributed by atoms with Gasteiger partial charge in [-0.2, -0.15) is 0 Å². The van der Waals surface area contributed by atoms with E-state index < -0.39 is 10.0 Å². The highest BCUT2D eigenvalue weighted by atomic mass is 32.2. The zero-order valence-corrected chi connectivity index (χ0v) is 12.1. The zero-order chi connectivity index (χ0) is 14.9. The minimum absolute atomic E-state index is 0.0371. The Balaban J connectivity index is 1.96. The molecule has 0 bridgehead atoms. The van der Waals surface area contributed by atoms with E-state index in [2.05, 4.69) is 24.7 Å². The standard InChI is InChI=1S/C13H13N5O2S/c1-2-21(19,20)18-10-5-3-9(4-6-10)11-12-13(16-7-14-11)17-8-15-12/h3-8,18H,2H2,1H3,(H,14,15,16,17). The monoisotopic (exact) mass is 303 g/mol. The molecule has 0 saturated heterocycles. The first-order valence-electron chi connectivity index (χ1n) is 6.34. The molecule has 0 aliphatic heterocycles. The van der Waals surface area contributed by atoms with Gasteiger partial charge in [-0.3, -0.25) is 4.72 Å². The Morgan fingerprint density at radius 2 is 1.90 bits per heavy atom. The lowest BCUT2D eigenvalue weighted by Crippen LogP contribution is -2.14. The highest BCUT2D eigenvalue weighted by molar-refractivity contribution is 7.92. The van der Waals surface area contributed by atoms with Gasteiger partial charge in [0.25, 0.3) is 0 Å². The minimum Gasteiger partial charge on any atom is -0.341 e. The van der Waals surface area contributed by atoms with Crippen molar-refractivity contribution in [1.82, 2.24) is 19.9 Å². The van der Waals surface area contributed by atoms with Gasteiger partial charge in [0, 0.05) is 11.3 Å². The van der Waals surface area contributed by atoms with Crippen molar-refractivity contribution in [2.75, 3.05) is 10.5 Å². The quantitative estimate of drug-likeness (QED) is 0.765. The van der Waals surface area contributed by atoms with Crippen LogP contribution in [0.2, 0.25) is 0 Å². The normalized spacial score (nSPS) is 11.7. The van der Waals surface area contributed by atoms with Gasteiger partial charge < -0.3 is 4.98 Å². The van der Waals surface area contributed by atoms with Gasteiger partial charge >= 0.3 is 0 Å². The second-order valence-corrected chi connectivity index (χ2v) is 6.42. The molecule has 0 fully saturated rings. The number of hydrogen-bond acceptors (Lipinski definition) is 5. The predicted octanol–water partition coefficient (Wildman–Crippen LogP) is 1.78. The van der Waals surface area contributed by atoms with E-state index in [9.17, 15) is 8.42 Å². The topological polar surface area (TPSA) is 101 Å². The maximum Gasteiger partial charge on any atom is 0.232 e. The summed E-state index contributed by atoms with van der Waals surface area (Å²) < 4.78 is 25.5. The number of benzene rings is 1. The lowest BCUT2D eigenvalue weighted by molar-refractivity contribution is 0.602. The SMILES string of the molecule is CCS(=O)(=O)Nc1ccc(-c2ncnc3nc[nH]c23)cc1. The van der Waals surface area contributed by atoms with Crippen LogP contribution in [0.3, 0.4) is 0 Å². The van der Waals surface area contributed by atoms with Crippen molar-refractivity contribution in [1.29, 1.82) is 0 Å². The lowest BCUT2D eigenvalue weighted by atomic mass is 10.1. The van der Waals surface area contributed by atoms with Gasteiger partial charge in [-0.25, -0.2) is 23.4 Å². The third kappa shape index (κ3) is 2.70. The highest BCUT2D eigenvalue weighted by Crippen LogP contribution is 2.24. The molecule has 3 aromatic rings. The van der Waals surface area contributed by atoms with Crippen molar-refractivity contribution in [2.24, 2.45) is 0 Å². The molecule has 0 aliphatic carbocycles. The summed E-state index contributed by atoms with van der Waals surface area (Å²) in [5.41, 5.74) is 3.44. The van der Waals surface area contributed by atoms with E-state index in [4.69, 9.17) is 0 Å². The van der Waals surface area contributed by atoms with E-state index in [1.165, 1.54) is 6.33 Å². The largest absolute Gasteiger partial charge is 0.341 e. The molecular formula is C13H13N5O2S. The summed E-state index contributed by atoms with van der Waals surface area (Å²) in [6, 6.07) is 7.01. The van der Waals surface area contributed by atoms with Crippen LogP contribution >= 0.6 is 0 Å². The second-order valence-electron chi connectivity index (χ2n) is 4.41. The number of sulfonamides is 1. The molecule has 2 aromatic heterocycles. The molecule has 2 heterocycles. The molecule has 0 unspecified atom stereocenters. The van der Waals surface area contributed by atoms with Crippen LogP contribution in [0.1, 0.15) is 6.92 Å². The number of aromatic amines is 1. The number of nitrogens with zero attached hydrogens (tertiary/aromatic N) is 3. The first-order valence-corrected chi connectivity index (χ1v) is 7.99. The van der Waals surface area contributed by atoms with Crippen LogP contribution in [-0.2, 0) is 10.0 Å². The number of rotatable bonds is 4. The highest BCUT2D eigenvalue weighted by Gasteiger charge is 2.10. The molecular weight excluding hydrogens is 290 g/mol. The van der Waals surface area contributed by atoms with E-state index in [0.717, 1.165) is 16.8 Å². The molecule has 108 valence electrons. The van der Waals surface area contributed by atoms with Crippen molar-refractivity contribution in [3.63, 3.8) is 0 Å². The smallest absolute Gasteiger partial charge is 0.232 e. The Bertz CT molecular complexity index is 871. The second kappa shape index (κ2) is 5.13. The van der Waals surface area contributed by atoms with E-state index >= 15 is 0 Å². The van der Waals surface area contributed by atoms with E-state index in [0.29, 0.717) is 11.3 Å². The average molecular weight is 303 g/mol. The van der Waals surface area contributed by atoms with Crippen LogP contribution < -0.4 is 4.72 Å². The van der Waals surface area contributed by atoms with Gasteiger partial charge in [-0.1, -0.05) is 12.1 Å². The molecule has 0 spiro atoms. The summed E-state index contributed by atoms with van der Waals surface area (Å²) in [4.78, 5) is 15.4. The average Bonchev–Trinajstić information content (AvgIpc) is 2.96. The first kappa shape index (κ1) is 13.5. The number of anilines is 1. The van der Waals surface area contributed by atoms with Crippen molar-refractivity contribution >= 4 is 26.9 Å². The number of fused-ring (bicyclic) bond motifs is 1. The summed E-state index contributed by atoms with van der Waals surface area (Å²) in [6.45, 7) is 1.59. The third-order valence-corrected chi connectivity index (χ3v) is 4.34. The third-order valence-electron chi connectivity index (χ3n) is 3.03. The Hall–Kier alpha value is -2.48. The summed E-state index contributed by atoms with van der Waals surface area (Å²) >= 11 is 0. The van der Waals surface area contributed by atoms with Crippen LogP contribution in [0.4, 0.5) is 5.69 Å². The molecule has 0 aliphatic rings. The van der Waals surface area contributed by atoms with Gasteiger partial charge in [0.1, 0.15) is 11.8 Å². The Kier molecular flexibility index (Phi) is 3.30. The maximum absolute atomic E-state index is 11.5. The van der Waals surface area contributed by atoms with Gasteiger partial charge in [0.15, 0.2) is 5.65 Å². The number of nitrogens with one attached hydrogen (secondary N) is 2. The number of H-pyrrole nitrogens is 1. The molecule has 0 saturated carbocycles. The van der Waals surface area contributed by atoms with Gasteiger partial charge in [-0.15, -0.1) is 0 Å². The predicted molar refractivity (Wildman–Crippen MR) is 80.2 cm³/mol. The molecule has 0 amide bonds. The molecule has 3 rings (SSSR count). The number of imidazole rings is 1.